The molecule has 23 nitrogen and oxygen atoms in total. The van der Waals surface area contributed by atoms with Crippen LogP contribution in [-0.2, 0) is 71.3 Å². The molecule has 2 heterocycles. The van der Waals surface area contributed by atoms with Gasteiger partial charge < -0.3 is 93.0 Å². The van der Waals surface area contributed by atoms with Crippen molar-refractivity contribution >= 4 is 23.9 Å². The molecule has 0 spiro atoms. The number of aliphatic hydroxyl groups excluding tert-OH is 8. The Hall–Kier alpha value is -3.76. The third-order valence-corrected chi connectivity index (χ3v) is 8.80. The van der Waals surface area contributed by atoms with Crippen molar-refractivity contribution in [2.24, 2.45) is 0 Å². The molecule has 2 aliphatic rings. The average Bonchev–Trinajstić information content (AvgIpc) is 3.24. The second-order valence-electron chi connectivity index (χ2n) is 14.9. The molecule has 2 rings (SSSR count). The van der Waals surface area contributed by atoms with E-state index in [1.807, 2.05) is 0 Å². The number of ether oxygens (including phenoxy) is 11. The second-order valence-corrected chi connectivity index (χ2v) is 14.9. The summed E-state index contributed by atoms with van der Waals surface area (Å²) in [5.41, 5.74) is 0.166. The number of hydrogen-bond acceptors (Lipinski definition) is 23. The summed E-state index contributed by atoms with van der Waals surface area (Å²) in [5, 5.41) is 85.2. The average molecular weight is 911 g/mol. The molecule has 0 saturated carbocycles. The van der Waals surface area contributed by atoms with Crippen molar-refractivity contribution in [2.75, 3.05) is 66.1 Å². The Kier molecular flexibility index (Phi) is 24.2. The largest absolute Gasteiger partial charge is 0.460 e. The van der Waals surface area contributed by atoms with E-state index in [1.54, 1.807) is 0 Å². The summed E-state index contributed by atoms with van der Waals surface area (Å²) in [6.07, 6.45) is -22.7. The molecule has 5 unspecified atom stereocenters. The first-order valence-electron chi connectivity index (χ1n) is 19.6. The van der Waals surface area contributed by atoms with Crippen LogP contribution in [-0.4, -0.2) is 217 Å². The Labute approximate surface area is 363 Å². The summed E-state index contributed by atoms with van der Waals surface area (Å²) in [6, 6.07) is 0. The van der Waals surface area contributed by atoms with E-state index in [1.165, 1.54) is 27.7 Å². The third-order valence-electron chi connectivity index (χ3n) is 8.80. The molecule has 0 aromatic rings. The lowest BCUT2D eigenvalue weighted by Crippen LogP contribution is -2.66. The van der Waals surface area contributed by atoms with E-state index < -0.39 is 176 Å². The highest BCUT2D eigenvalue weighted by Gasteiger charge is 2.53. The van der Waals surface area contributed by atoms with Crippen LogP contribution in [0.4, 0.5) is 0 Å². The third kappa shape index (κ3) is 18.3. The zero-order valence-electron chi connectivity index (χ0n) is 35.7. The van der Waals surface area contributed by atoms with Crippen LogP contribution in [0.1, 0.15) is 27.7 Å². The number of rotatable bonds is 28. The van der Waals surface area contributed by atoms with E-state index in [4.69, 9.17) is 52.1 Å². The lowest BCUT2D eigenvalue weighted by molar-refractivity contribution is -0.372. The second kappa shape index (κ2) is 27.5. The number of hydrogen-bond donors (Lipinski definition) is 8. The molecule has 0 amide bonds. The normalized spacial score (nSPS) is 27.8. The molecule has 2 saturated heterocycles. The maximum Gasteiger partial charge on any atom is 0.333 e. The highest BCUT2D eigenvalue weighted by molar-refractivity contribution is 5.88. The lowest BCUT2D eigenvalue weighted by Gasteiger charge is -2.49. The van der Waals surface area contributed by atoms with Crippen molar-refractivity contribution in [2.45, 2.75) is 114 Å². The number of carbonyl (C=O) groups is 4. The van der Waals surface area contributed by atoms with Crippen LogP contribution in [0.5, 0.6) is 0 Å². The Morgan fingerprint density at radius 1 is 0.460 bits per heavy atom. The molecule has 0 aromatic heterocycles. The van der Waals surface area contributed by atoms with Crippen molar-refractivity contribution in [1.82, 2.24) is 0 Å². The fourth-order valence-corrected chi connectivity index (χ4v) is 5.43. The van der Waals surface area contributed by atoms with Gasteiger partial charge in [0.2, 0.25) is 0 Å². The molecule has 0 radical (unpaired) electrons. The Morgan fingerprint density at radius 2 is 0.794 bits per heavy atom. The predicted octanol–water partition coefficient (Wildman–Crippen LogP) is -3.38. The van der Waals surface area contributed by atoms with E-state index in [-0.39, 0.29) is 22.3 Å². The molecular formula is C40H62O23. The van der Waals surface area contributed by atoms with Gasteiger partial charge in [0.15, 0.2) is 12.6 Å². The van der Waals surface area contributed by atoms with Crippen LogP contribution in [0.2, 0.25) is 0 Å². The summed E-state index contributed by atoms with van der Waals surface area (Å²) < 4.78 is 61.6. The van der Waals surface area contributed by atoms with E-state index in [0.717, 1.165) is 0 Å². The number of esters is 4. The summed E-state index contributed by atoms with van der Waals surface area (Å²) in [5.74, 6) is -3.27. The monoisotopic (exact) mass is 910 g/mol. The fraction of sp³-hybridized carbons (Fsp3) is 0.700. The fourth-order valence-electron chi connectivity index (χ4n) is 5.43. The highest BCUT2D eigenvalue weighted by Crippen LogP contribution is 2.34. The van der Waals surface area contributed by atoms with E-state index in [0.29, 0.717) is 0 Å². The molecule has 2 fully saturated rings. The van der Waals surface area contributed by atoms with Gasteiger partial charge in [0.25, 0.3) is 0 Å². The molecule has 0 aromatic carbocycles. The minimum absolute atomic E-state index is 0.0301. The quantitative estimate of drug-likeness (QED) is 0.0216. The van der Waals surface area contributed by atoms with Gasteiger partial charge in [-0.3, -0.25) is 0 Å². The van der Waals surface area contributed by atoms with Crippen LogP contribution in [0.3, 0.4) is 0 Å². The Morgan fingerprint density at radius 3 is 1.16 bits per heavy atom. The van der Waals surface area contributed by atoms with Gasteiger partial charge >= 0.3 is 23.9 Å². The minimum atomic E-state index is -1.88. The standard InChI is InChI=1S/C40H62O23/c1-19(2)35(49)56-14-23(43)11-53-32-30(48)29(47)27(9-41)61-40(32)63-31-28(10-42)62-39(60-18-26(46)17-59-38(52)22(7)8)34(55-13-25(45)16-58-37(51)21(5)6)33(31)54-12-24(44)15-57-36(50)20(3)4/h23-34,39-48H,1,3,5,7,9-18H2,2,4,6,8H3/t23?,24?,25?,26?,27-,28-,29+,30+,31-,32-,33+,34-,39?,40+/m1/s1. The molecule has 360 valence electrons. The van der Waals surface area contributed by atoms with Crippen LogP contribution in [0, 0.1) is 0 Å². The first-order valence-corrected chi connectivity index (χ1v) is 19.6. The van der Waals surface area contributed by atoms with Crippen molar-refractivity contribution in [3.8, 4) is 0 Å². The van der Waals surface area contributed by atoms with Gasteiger partial charge in [-0.25, -0.2) is 19.2 Å². The van der Waals surface area contributed by atoms with Crippen molar-refractivity contribution in [3.05, 3.63) is 48.6 Å². The van der Waals surface area contributed by atoms with Gasteiger partial charge in [0.05, 0.1) is 39.6 Å². The highest BCUT2D eigenvalue weighted by atomic mass is 16.8. The lowest BCUT2D eigenvalue weighted by atomic mass is 9.96. The zero-order chi connectivity index (χ0) is 47.6. The molecule has 63 heavy (non-hydrogen) atoms. The molecule has 0 aliphatic carbocycles. The van der Waals surface area contributed by atoms with Crippen molar-refractivity contribution in [1.29, 1.82) is 0 Å². The van der Waals surface area contributed by atoms with Gasteiger partial charge in [-0.15, -0.1) is 0 Å². The Balaban J connectivity index is 2.56. The van der Waals surface area contributed by atoms with Gasteiger partial charge in [0.1, 0.15) is 99.7 Å². The topological polar surface area (TPSA) is 332 Å². The number of carbonyl (C=O) groups excluding carboxylic acids is 4. The van der Waals surface area contributed by atoms with Crippen LogP contribution >= 0.6 is 0 Å². The van der Waals surface area contributed by atoms with E-state index in [9.17, 15) is 60.0 Å². The van der Waals surface area contributed by atoms with E-state index in [2.05, 4.69) is 26.3 Å². The number of aliphatic hydroxyl groups is 8. The smallest absolute Gasteiger partial charge is 0.333 e. The predicted molar refractivity (Wildman–Crippen MR) is 211 cm³/mol. The molecule has 14 atom stereocenters. The van der Waals surface area contributed by atoms with Gasteiger partial charge in [-0.1, -0.05) is 26.3 Å². The van der Waals surface area contributed by atoms with Crippen LogP contribution < -0.4 is 0 Å². The maximum absolute atomic E-state index is 12.0. The van der Waals surface area contributed by atoms with Crippen molar-refractivity contribution < 1.29 is 112 Å². The summed E-state index contributed by atoms with van der Waals surface area (Å²) in [7, 11) is 0. The first-order chi connectivity index (χ1) is 29.6. The summed E-state index contributed by atoms with van der Waals surface area (Å²) in [6.45, 7) is 12.7. The summed E-state index contributed by atoms with van der Waals surface area (Å²) in [4.78, 5) is 47.8. The minimum Gasteiger partial charge on any atom is -0.460 e. The zero-order valence-corrected chi connectivity index (χ0v) is 35.7. The van der Waals surface area contributed by atoms with Gasteiger partial charge in [-0.05, 0) is 27.7 Å². The van der Waals surface area contributed by atoms with Crippen LogP contribution in [0.25, 0.3) is 0 Å². The molecule has 2 aliphatic heterocycles. The SMILES string of the molecule is C=C(C)C(=O)OCC(O)COC1O[C@H](CO)[C@@H](O[C@@H]2O[C@H](CO)[C@H](O)[C@H](O)[C@H]2OCC(O)COC(=O)C(=C)C)[C@H](OCC(O)COC(=O)C(=C)C)[C@H]1OCC(O)COC(=O)C(=C)C. The first kappa shape index (κ1) is 55.4. The molecule has 8 N–H and O–H groups in total. The molecule has 0 bridgehead atoms. The molecular weight excluding hydrogens is 848 g/mol. The van der Waals surface area contributed by atoms with Gasteiger partial charge in [-0.2, -0.15) is 0 Å². The molecule has 23 heteroatoms. The summed E-state index contributed by atoms with van der Waals surface area (Å²) >= 11 is 0. The Bertz CT molecular complexity index is 1540. The maximum atomic E-state index is 12.0. The van der Waals surface area contributed by atoms with Gasteiger partial charge in [0, 0.05) is 22.3 Å². The van der Waals surface area contributed by atoms with E-state index >= 15 is 0 Å². The van der Waals surface area contributed by atoms with Crippen molar-refractivity contribution in [3.63, 3.8) is 0 Å². The van der Waals surface area contributed by atoms with Crippen LogP contribution in [0.15, 0.2) is 48.6 Å².